The van der Waals surface area contributed by atoms with Gasteiger partial charge in [0.1, 0.15) is 5.15 Å². The highest BCUT2D eigenvalue weighted by Crippen LogP contribution is 2.33. The first kappa shape index (κ1) is 15.5. The topological polar surface area (TPSA) is 64.1 Å². The number of aryl methyl sites for hydroxylation is 2. The minimum absolute atomic E-state index is 0.0757. The lowest BCUT2D eigenvalue weighted by Gasteiger charge is -2.32. The number of halogens is 1. The Morgan fingerprint density at radius 3 is 2.44 bits per heavy atom. The molecule has 18 heavy (non-hydrogen) atoms. The number of nitrogens with two attached hydrogens (primary N) is 1. The Morgan fingerprint density at radius 2 is 2.11 bits per heavy atom. The Bertz CT molecular complexity index is 397. The third kappa shape index (κ3) is 3.25. The van der Waals surface area contributed by atoms with Crippen LogP contribution in [0.4, 0.5) is 0 Å². The van der Waals surface area contributed by atoms with Crippen molar-refractivity contribution in [2.45, 2.75) is 33.6 Å². The summed E-state index contributed by atoms with van der Waals surface area (Å²) in [6, 6.07) is 0. The summed E-state index contributed by atoms with van der Waals surface area (Å²) < 4.78 is 1.67. The predicted octanol–water partition coefficient (Wildman–Crippen LogP) is 1.91. The molecule has 0 radical (unpaired) electrons. The molecule has 1 heterocycles. The van der Waals surface area contributed by atoms with Gasteiger partial charge in [-0.1, -0.05) is 25.4 Å². The van der Waals surface area contributed by atoms with Gasteiger partial charge in [0.2, 0.25) is 0 Å². The molecule has 5 heteroatoms. The molecule has 0 aliphatic carbocycles. The summed E-state index contributed by atoms with van der Waals surface area (Å²) in [5, 5.41) is 14.7. The van der Waals surface area contributed by atoms with Crippen molar-refractivity contribution < 1.29 is 5.11 Å². The summed E-state index contributed by atoms with van der Waals surface area (Å²) >= 11 is 6.25. The van der Waals surface area contributed by atoms with Crippen LogP contribution in [0.2, 0.25) is 5.15 Å². The first-order valence-electron chi connectivity index (χ1n) is 6.34. The number of hydrogen-bond donors (Lipinski definition) is 2. The summed E-state index contributed by atoms with van der Waals surface area (Å²) in [7, 11) is 1.82. The highest BCUT2D eigenvalue weighted by Gasteiger charge is 2.31. The van der Waals surface area contributed by atoms with E-state index in [9.17, 15) is 5.11 Å². The van der Waals surface area contributed by atoms with Crippen molar-refractivity contribution in [1.29, 1.82) is 0 Å². The maximum Gasteiger partial charge on any atom is 0.130 e. The maximum atomic E-state index is 9.73. The highest BCUT2D eigenvalue weighted by atomic mass is 35.5. The van der Waals surface area contributed by atoms with Crippen molar-refractivity contribution in [3.05, 3.63) is 16.4 Å². The molecule has 0 bridgehead atoms. The van der Waals surface area contributed by atoms with Crippen LogP contribution in [0.15, 0.2) is 0 Å². The average Bonchev–Trinajstić information content (AvgIpc) is 2.54. The molecule has 0 saturated carbocycles. The highest BCUT2D eigenvalue weighted by molar-refractivity contribution is 6.30. The molecule has 1 unspecified atom stereocenters. The largest absolute Gasteiger partial charge is 0.396 e. The van der Waals surface area contributed by atoms with Gasteiger partial charge in [-0.05, 0) is 25.7 Å². The second-order valence-electron chi connectivity index (χ2n) is 5.62. The molecule has 0 aliphatic rings. The fraction of sp³-hybridized carbons (Fsp3) is 0.769. The van der Waals surface area contributed by atoms with Gasteiger partial charge in [0.15, 0.2) is 0 Å². The normalized spacial score (nSPS) is 15.1. The summed E-state index contributed by atoms with van der Waals surface area (Å²) in [4.78, 5) is 0. The van der Waals surface area contributed by atoms with E-state index in [2.05, 4.69) is 18.9 Å². The van der Waals surface area contributed by atoms with Crippen LogP contribution in [0.1, 0.15) is 31.5 Å². The SMILES string of the molecule is Cc1nn(C)c(Cl)c1CC(CN)(CO)CC(C)C. The lowest BCUT2D eigenvalue weighted by atomic mass is 9.76. The Balaban J connectivity index is 3.03. The number of aliphatic hydroxyl groups excluding tert-OH is 1. The van der Waals surface area contributed by atoms with Crippen LogP contribution in [-0.4, -0.2) is 28.0 Å². The van der Waals surface area contributed by atoms with Crippen molar-refractivity contribution in [3.63, 3.8) is 0 Å². The van der Waals surface area contributed by atoms with Crippen LogP contribution in [0.3, 0.4) is 0 Å². The zero-order valence-corrected chi connectivity index (χ0v) is 12.5. The smallest absolute Gasteiger partial charge is 0.130 e. The Labute approximate surface area is 114 Å². The quantitative estimate of drug-likeness (QED) is 0.832. The molecule has 3 N–H and O–H groups in total. The third-order valence-electron chi connectivity index (χ3n) is 3.43. The van der Waals surface area contributed by atoms with Gasteiger partial charge in [-0.2, -0.15) is 5.10 Å². The summed E-state index contributed by atoms with van der Waals surface area (Å²) in [5.41, 5.74) is 7.50. The van der Waals surface area contributed by atoms with Crippen LogP contribution in [0.25, 0.3) is 0 Å². The van der Waals surface area contributed by atoms with Crippen molar-refractivity contribution in [3.8, 4) is 0 Å². The number of nitrogens with zero attached hydrogens (tertiary/aromatic N) is 2. The van der Waals surface area contributed by atoms with E-state index in [4.69, 9.17) is 17.3 Å². The van der Waals surface area contributed by atoms with Gasteiger partial charge in [0, 0.05) is 24.6 Å². The molecule has 1 aromatic heterocycles. The van der Waals surface area contributed by atoms with Crippen LogP contribution in [0, 0.1) is 18.3 Å². The fourth-order valence-electron chi connectivity index (χ4n) is 2.53. The molecule has 104 valence electrons. The van der Waals surface area contributed by atoms with Crippen LogP contribution in [-0.2, 0) is 13.5 Å². The van der Waals surface area contributed by atoms with E-state index in [1.54, 1.807) is 4.68 Å². The number of rotatable bonds is 6. The Morgan fingerprint density at radius 1 is 1.50 bits per heavy atom. The Kier molecular flexibility index (Phi) is 5.20. The van der Waals surface area contributed by atoms with Crippen molar-refractivity contribution in [2.75, 3.05) is 13.2 Å². The zero-order valence-electron chi connectivity index (χ0n) is 11.7. The van der Waals surface area contributed by atoms with Gasteiger partial charge in [-0.25, -0.2) is 0 Å². The third-order valence-corrected chi connectivity index (χ3v) is 3.90. The first-order chi connectivity index (χ1) is 8.35. The van der Waals surface area contributed by atoms with E-state index in [0.29, 0.717) is 24.0 Å². The van der Waals surface area contributed by atoms with E-state index < -0.39 is 0 Å². The molecule has 0 saturated heterocycles. The summed E-state index contributed by atoms with van der Waals surface area (Å²) in [6.07, 6.45) is 1.56. The molecule has 1 aromatic rings. The van der Waals surface area contributed by atoms with E-state index in [1.165, 1.54) is 0 Å². The molecule has 1 rings (SSSR count). The maximum absolute atomic E-state index is 9.73. The van der Waals surface area contributed by atoms with E-state index in [1.807, 2.05) is 14.0 Å². The van der Waals surface area contributed by atoms with Crippen molar-refractivity contribution >= 4 is 11.6 Å². The standard InChI is InChI=1S/C13H24ClN3O/c1-9(2)5-13(7-15,8-18)6-11-10(3)16-17(4)12(11)14/h9,18H,5-8,15H2,1-4H3. The van der Waals surface area contributed by atoms with Gasteiger partial charge < -0.3 is 10.8 Å². The number of hydrogen-bond acceptors (Lipinski definition) is 3. The molecule has 1 atom stereocenters. The minimum Gasteiger partial charge on any atom is -0.396 e. The van der Waals surface area contributed by atoms with Gasteiger partial charge >= 0.3 is 0 Å². The summed E-state index contributed by atoms with van der Waals surface area (Å²) in [6.45, 7) is 6.74. The molecule has 0 amide bonds. The second-order valence-corrected chi connectivity index (χ2v) is 5.97. The Hall–Kier alpha value is -0.580. The molecule has 0 fully saturated rings. The van der Waals surface area contributed by atoms with E-state index >= 15 is 0 Å². The molecule has 0 spiro atoms. The lowest BCUT2D eigenvalue weighted by molar-refractivity contribution is 0.108. The summed E-state index contributed by atoms with van der Waals surface area (Å²) in [5.74, 6) is 0.483. The van der Waals surface area contributed by atoms with Crippen molar-refractivity contribution in [1.82, 2.24) is 9.78 Å². The zero-order chi connectivity index (χ0) is 13.9. The molecule has 0 aromatic carbocycles. The fourth-order valence-corrected chi connectivity index (χ4v) is 2.77. The molecular weight excluding hydrogens is 250 g/mol. The number of aliphatic hydroxyl groups is 1. The van der Waals surface area contributed by atoms with Gasteiger partial charge in [0.25, 0.3) is 0 Å². The molecule has 4 nitrogen and oxygen atoms in total. The monoisotopic (exact) mass is 273 g/mol. The predicted molar refractivity (Wildman–Crippen MR) is 74.7 cm³/mol. The molecule has 0 aliphatic heterocycles. The number of aromatic nitrogens is 2. The average molecular weight is 274 g/mol. The van der Waals surface area contributed by atoms with Gasteiger partial charge in [0.05, 0.1) is 12.3 Å². The minimum atomic E-state index is -0.300. The van der Waals surface area contributed by atoms with Crippen LogP contribution >= 0.6 is 11.6 Å². The van der Waals surface area contributed by atoms with E-state index in [-0.39, 0.29) is 12.0 Å². The van der Waals surface area contributed by atoms with Crippen molar-refractivity contribution in [2.24, 2.45) is 24.1 Å². The second kappa shape index (κ2) is 6.04. The van der Waals surface area contributed by atoms with Gasteiger partial charge in [-0.15, -0.1) is 0 Å². The van der Waals surface area contributed by atoms with Gasteiger partial charge in [-0.3, -0.25) is 4.68 Å². The van der Waals surface area contributed by atoms with Crippen LogP contribution < -0.4 is 5.73 Å². The van der Waals surface area contributed by atoms with E-state index in [0.717, 1.165) is 17.7 Å². The first-order valence-corrected chi connectivity index (χ1v) is 6.72. The lowest BCUT2D eigenvalue weighted by Crippen LogP contribution is -2.38. The van der Waals surface area contributed by atoms with Crippen LogP contribution in [0.5, 0.6) is 0 Å². The molecular formula is C13H24ClN3O.